The van der Waals surface area contributed by atoms with Crippen LogP contribution >= 0.6 is 0 Å². The molecule has 7 aromatic rings. The van der Waals surface area contributed by atoms with Crippen LogP contribution in [0.2, 0.25) is 0 Å². The Hall–Kier alpha value is -8.31. The van der Waals surface area contributed by atoms with E-state index in [4.69, 9.17) is 28.4 Å². The second-order valence-corrected chi connectivity index (χ2v) is 16.1. The predicted octanol–water partition coefficient (Wildman–Crippen LogP) is 11.4. The van der Waals surface area contributed by atoms with Gasteiger partial charge in [-0.2, -0.15) is 0 Å². The summed E-state index contributed by atoms with van der Waals surface area (Å²) in [5, 5.41) is 0. The summed E-state index contributed by atoms with van der Waals surface area (Å²) < 4.78 is 33.7. The molecule has 0 aromatic heterocycles. The fraction of sp³-hybridized carbons (Fsp3) is 0.175. The maximum Gasteiger partial charge on any atom is 0.337 e. The lowest BCUT2D eigenvalue weighted by atomic mass is 9.83. The maximum absolute atomic E-state index is 12.7. The third kappa shape index (κ3) is 11.2. The van der Waals surface area contributed by atoms with Crippen LogP contribution in [-0.2, 0) is 34.0 Å². The molecule has 0 N–H and O–H groups in total. The normalized spacial score (nSPS) is 11.7. The first-order valence-electron chi connectivity index (χ1n) is 21.9. The number of methoxy groups -OCH3 is 3. The topological polar surface area (TPSA) is 141 Å². The van der Waals surface area contributed by atoms with Crippen molar-refractivity contribution in [2.45, 2.75) is 45.5 Å². The molecule has 0 fully saturated rings. The Morgan fingerprint density at radius 2 is 0.809 bits per heavy atom. The van der Waals surface area contributed by atoms with Crippen molar-refractivity contribution >= 4 is 30.5 Å². The Kier molecular flexibility index (Phi) is 15.6. The van der Waals surface area contributed by atoms with E-state index in [1.165, 1.54) is 21.3 Å². The molecular formula is C57H50O11. The number of carbonyl (C=O) groups excluding carboxylic acids is 5. The fourth-order valence-electron chi connectivity index (χ4n) is 7.80. The SMILES string of the molecule is COC(=O)c1ccc(COc2ccc(C(C)c3cc(-c4ccccc4)cc(C(C)c4ccc(OCc5ccc(C(=O)OC)cc5)c(C=O)c4)c3OCc3ccc(C(=O)OC)cc3)cc2C=O)cc1. The van der Waals surface area contributed by atoms with Gasteiger partial charge in [0.05, 0.1) is 49.1 Å². The summed E-state index contributed by atoms with van der Waals surface area (Å²) in [5.74, 6) is -0.517. The first-order valence-corrected chi connectivity index (χ1v) is 21.9. The molecule has 7 rings (SSSR count). The number of hydrogen-bond acceptors (Lipinski definition) is 11. The fourth-order valence-corrected chi connectivity index (χ4v) is 7.80. The van der Waals surface area contributed by atoms with Crippen LogP contribution in [0.5, 0.6) is 17.2 Å². The zero-order chi connectivity index (χ0) is 48.2. The van der Waals surface area contributed by atoms with Gasteiger partial charge in [-0.05, 0) is 112 Å². The largest absolute Gasteiger partial charge is 0.488 e. The lowest BCUT2D eigenvalue weighted by Crippen LogP contribution is -2.10. The number of rotatable bonds is 19. The molecule has 11 nitrogen and oxygen atoms in total. The van der Waals surface area contributed by atoms with Gasteiger partial charge in [-0.1, -0.05) is 92.7 Å². The summed E-state index contributed by atoms with van der Waals surface area (Å²) in [6, 6.07) is 46.1. The molecule has 7 aromatic carbocycles. The molecule has 0 aliphatic rings. The molecule has 0 amide bonds. The van der Waals surface area contributed by atoms with E-state index < -0.39 is 17.9 Å². The van der Waals surface area contributed by atoms with Gasteiger partial charge in [0.1, 0.15) is 37.1 Å². The van der Waals surface area contributed by atoms with Crippen LogP contribution in [-0.4, -0.2) is 51.8 Å². The van der Waals surface area contributed by atoms with Gasteiger partial charge in [0.15, 0.2) is 12.6 Å². The summed E-state index contributed by atoms with van der Waals surface area (Å²) in [6.45, 7) is 4.61. The number of benzene rings is 7. The Morgan fingerprint density at radius 1 is 0.441 bits per heavy atom. The summed E-state index contributed by atoms with van der Waals surface area (Å²) in [7, 11) is 4.00. The van der Waals surface area contributed by atoms with Gasteiger partial charge in [0.2, 0.25) is 0 Å². The van der Waals surface area contributed by atoms with Crippen molar-refractivity contribution in [2.24, 2.45) is 0 Å². The molecular weight excluding hydrogens is 861 g/mol. The molecule has 11 heteroatoms. The number of ether oxygens (including phenoxy) is 6. The zero-order valence-electron chi connectivity index (χ0n) is 38.4. The summed E-state index contributed by atoms with van der Waals surface area (Å²) >= 11 is 0. The average Bonchev–Trinajstić information content (AvgIpc) is 3.40. The third-order valence-corrected chi connectivity index (χ3v) is 11.8. The highest BCUT2D eigenvalue weighted by Crippen LogP contribution is 2.44. The van der Waals surface area contributed by atoms with Crippen LogP contribution in [0.3, 0.4) is 0 Å². The minimum atomic E-state index is -0.443. The summed E-state index contributed by atoms with van der Waals surface area (Å²) in [6.07, 6.45) is 1.54. The van der Waals surface area contributed by atoms with Crippen LogP contribution in [0.25, 0.3) is 11.1 Å². The van der Waals surface area contributed by atoms with Crippen LogP contribution in [0.15, 0.2) is 152 Å². The molecule has 0 aliphatic heterocycles. The molecule has 0 radical (unpaired) electrons. The summed E-state index contributed by atoms with van der Waals surface area (Å²) in [5.41, 5.74) is 9.70. The van der Waals surface area contributed by atoms with E-state index in [0.717, 1.165) is 62.6 Å². The van der Waals surface area contributed by atoms with E-state index in [-0.39, 0.29) is 31.7 Å². The van der Waals surface area contributed by atoms with E-state index in [9.17, 15) is 24.0 Å². The molecule has 0 bridgehead atoms. The first kappa shape index (κ1) is 47.6. The highest BCUT2D eigenvalue weighted by atomic mass is 16.5. The van der Waals surface area contributed by atoms with Crippen molar-refractivity contribution in [2.75, 3.05) is 21.3 Å². The number of esters is 3. The number of hydrogen-bond donors (Lipinski definition) is 0. The molecule has 2 unspecified atom stereocenters. The highest BCUT2D eigenvalue weighted by Gasteiger charge is 2.25. The number of aldehydes is 2. The lowest BCUT2D eigenvalue weighted by molar-refractivity contribution is 0.0592. The zero-order valence-corrected chi connectivity index (χ0v) is 38.4. The van der Waals surface area contributed by atoms with Crippen LogP contribution in [0, 0.1) is 0 Å². The van der Waals surface area contributed by atoms with Gasteiger partial charge < -0.3 is 28.4 Å². The van der Waals surface area contributed by atoms with Crippen LogP contribution < -0.4 is 14.2 Å². The molecule has 0 spiro atoms. The van der Waals surface area contributed by atoms with E-state index in [0.29, 0.717) is 45.1 Å². The molecule has 0 aliphatic carbocycles. The predicted molar refractivity (Wildman–Crippen MR) is 257 cm³/mol. The molecule has 2 atom stereocenters. The van der Waals surface area contributed by atoms with Crippen molar-refractivity contribution in [3.63, 3.8) is 0 Å². The first-order chi connectivity index (χ1) is 33.0. The maximum atomic E-state index is 12.7. The van der Waals surface area contributed by atoms with Gasteiger partial charge in [-0.3, -0.25) is 9.59 Å². The Labute approximate surface area is 395 Å². The highest BCUT2D eigenvalue weighted by molar-refractivity contribution is 5.90. The summed E-state index contributed by atoms with van der Waals surface area (Å²) in [4.78, 5) is 61.4. The Balaban J connectivity index is 1.26. The number of carbonyl (C=O) groups is 5. The Bertz CT molecular complexity index is 2760. The third-order valence-electron chi connectivity index (χ3n) is 11.8. The smallest absolute Gasteiger partial charge is 0.337 e. The van der Waals surface area contributed by atoms with Gasteiger partial charge in [0.25, 0.3) is 0 Å². The van der Waals surface area contributed by atoms with Crippen molar-refractivity contribution in [3.8, 4) is 28.4 Å². The standard InChI is InChI=1S/C57H50O11/c1-36(45-23-25-52(48(27-45)31-58)66-33-38-11-17-42(18-12-38)55(60)63-3)50-29-47(41-9-7-6-8-10-41)30-51(54(50)68-35-40-15-21-44(22-16-40)57(62)65-5)37(2)46-24-26-53(49(28-46)32-59)67-34-39-13-19-43(20-14-39)56(61)64-4/h6-32,36-37H,33-35H2,1-5H3. The molecule has 68 heavy (non-hydrogen) atoms. The molecule has 0 heterocycles. The van der Waals surface area contributed by atoms with Crippen molar-refractivity contribution in [1.29, 1.82) is 0 Å². The van der Waals surface area contributed by atoms with Crippen LogP contribution in [0.1, 0.15) is 116 Å². The van der Waals surface area contributed by atoms with Gasteiger partial charge in [-0.15, -0.1) is 0 Å². The van der Waals surface area contributed by atoms with Crippen molar-refractivity contribution in [1.82, 2.24) is 0 Å². The minimum absolute atomic E-state index is 0.158. The Morgan fingerprint density at radius 3 is 1.16 bits per heavy atom. The van der Waals surface area contributed by atoms with E-state index in [1.807, 2.05) is 66.7 Å². The lowest BCUT2D eigenvalue weighted by Gasteiger charge is -2.26. The van der Waals surface area contributed by atoms with Crippen LogP contribution in [0.4, 0.5) is 0 Å². The minimum Gasteiger partial charge on any atom is -0.488 e. The molecule has 0 saturated heterocycles. The van der Waals surface area contributed by atoms with Gasteiger partial charge in [0, 0.05) is 23.0 Å². The van der Waals surface area contributed by atoms with Crippen molar-refractivity contribution in [3.05, 3.63) is 218 Å². The van der Waals surface area contributed by atoms with E-state index >= 15 is 0 Å². The van der Waals surface area contributed by atoms with E-state index in [1.54, 1.807) is 72.8 Å². The van der Waals surface area contributed by atoms with Crippen molar-refractivity contribution < 1.29 is 52.4 Å². The monoisotopic (exact) mass is 910 g/mol. The molecule has 344 valence electrons. The molecule has 0 saturated carbocycles. The second-order valence-electron chi connectivity index (χ2n) is 16.1. The van der Waals surface area contributed by atoms with E-state index in [2.05, 4.69) is 26.0 Å². The average molecular weight is 911 g/mol. The van der Waals surface area contributed by atoms with Gasteiger partial charge >= 0.3 is 17.9 Å². The second kappa shape index (κ2) is 22.3. The van der Waals surface area contributed by atoms with Gasteiger partial charge in [-0.25, -0.2) is 14.4 Å². The quantitative estimate of drug-likeness (QED) is 0.0435.